The third kappa shape index (κ3) is 4.30. The van der Waals surface area contributed by atoms with E-state index in [1.54, 1.807) is 0 Å². The lowest BCUT2D eigenvalue weighted by molar-refractivity contribution is -0.131. The third-order valence-corrected chi connectivity index (χ3v) is 12.5. The van der Waals surface area contributed by atoms with Crippen molar-refractivity contribution in [2.45, 2.75) is 117 Å². The van der Waals surface area contributed by atoms with Crippen LogP contribution in [0, 0.1) is 52.3 Å². The normalized spacial score (nSPS) is 46.6. The highest BCUT2D eigenvalue weighted by Crippen LogP contribution is 2.70. The zero-order chi connectivity index (χ0) is 25.9. The molecule has 0 N–H and O–H groups in total. The number of ether oxygens (including phenoxy) is 2. The Hall–Kier alpha value is -1.35. The second-order valence-corrected chi connectivity index (χ2v) is 14.7. The minimum absolute atomic E-state index is 0.0825. The van der Waals surface area contributed by atoms with Crippen LogP contribution in [0.2, 0.25) is 0 Å². The molecular weight excluding hydrogens is 456 g/mol. The van der Waals surface area contributed by atoms with E-state index in [1.165, 1.54) is 51.4 Å². The second kappa shape index (κ2) is 9.68. The molecule has 4 saturated carbocycles. The smallest absolute Gasteiger partial charge is 0.338 e. The Morgan fingerprint density at radius 2 is 1.76 bits per heavy atom. The molecule has 6 rings (SSSR count). The summed E-state index contributed by atoms with van der Waals surface area (Å²) >= 11 is 0. The van der Waals surface area contributed by atoms with Crippen LogP contribution in [-0.2, 0) is 9.47 Å². The average Bonchev–Trinajstić information content (AvgIpc) is 3.36. The molecule has 11 atom stereocenters. The van der Waals surface area contributed by atoms with Gasteiger partial charge in [0.15, 0.2) is 0 Å². The van der Waals surface area contributed by atoms with E-state index in [4.69, 9.17) is 9.47 Å². The van der Waals surface area contributed by atoms with Gasteiger partial charge in [-0.05, 0) is 129 Å². The second-order valence-electron chi connectivity index (χ2n) is 14.7. The molecule has 1 aromatic carbocycles. The molecule has 0 amide bonds. The lowest BCUT2D eigenvalue weighted by Crippen LogP contribution is -2.54. The highest BCUT2D eigenvalue weighted by molar-refractivity contribution is 5.89. The van der Waals surface area contributed by atoms with Gasteiger partial charge in [0.05, 0.1) is 17.8 Å². The van der Waals surface area contributed by atoms with Crippen LogP contribution in [0.5, 0.6) is 0 Å². The maximum atomic E-state index is 12.7. The summed E-state index contributed by atoms with van der Waals surface area (Å²) < 4.78 is 12.9. The lowest BCUT2D eigenvalue weighted by atomic mass is 9.44. The minimum Gasteiger partial charge on any atom is -0.459 e. The molecule has 0 radical (unpaired) electrons. The number of esters is 1. The van der Waals surface area contributed by atoms with Gasteiger partial charge in [0.1, 0.15) is 6.10 Å². The highest BCUT2D eigenvalue weighted by atomic mass is 16.5. The SMILES string of the molecule is CC(C)CCC1O[C@H]2C[C@H]3[C@@H]4CCC5CC(OC(=O)c6ccccc6)CC[C@]5(C)[C@H]4CC[C@]3(C)[C@H]2[C@@H]1C. The van der Waals surface area contributed by atoms with Crippen LogP contribution >= 0.6 is 0 Å². The molecule has 5 fully saturated rings. The Balaban J connectivity index is 1.12. The monoisotopic (exact) mass is 506 g/mol. The number of rotatable bonds is 5. The van der Waals surface area contributed by atoms with Crippen molar-refractivity contribution < 1.29 is 14.3 Å². The number of hydrogen-bond acceptors (Lipinski definition) is 3. The molecule has 37 heavy (non-hydrogen) atoms. The van der Waals surface area contributed by atoms with Gasteiger partial charge in [-0.3, -0.25) is 0 Å². The molecule has 1 heterocycles. The van der Waals surface area contributed by atoms with Crippen LogP contribution in [0.25, 0.3) is 0 Å². The first-order valence-corrected chi connectivity index (χ1v) is 15.6. The topological polar surface area (TPSA) is 35.5 Å². The molecule has 1 aromatic rings. The highest BCUT2D eigenvalue weighted by Gasteiger charge is 2.65. The summed E-state index contributed by atoms with van der Waals surface area (Å²) in [6.07, 6.45) is 13.7. The first-order chi connectivity index (χ1) is 17.7. The van der Waals surface area contributed by atoms with Gasteiger partial charge in [-0.15, -0.1) is 0 Å². The standard InChI is InChI=1S/C34H50O3/c1-21(2)11-14-29-22(3)31-30(37-29)20-28-26-13-12-24-19-25(36-32(35)23-9-7-6-8-10-23)15-17-33(24,4)27(26)16-18-34(28,31)5/h6-10,21-22,24-31H,11-20H2,1-5H3/t22-,24?,25?,26-,27+,28+,29?,30+,31+,33+,34+/m1/s1. The Morgan fingerprint density at radius 3 is 2.51 bits per heavy atom. The van der Waals surface area contributed by atoms with Crippen molar-refractivity contribution in [1.82, 2.24) is 0 Å². The first-order valence-electron chi connectivity index (χ1n) is 15.6. The summed E-state index contributed by atoms with van der Waals surface area (Å²) in [4.78, 5) is 12.7. The Morgan fingerprint density at radius 1 is 1.00 bits per heavy atom. The number of carbonyl (C=O) groups excluding carboxylic acids is 1. The van der Waals surface area contributed by atoms with Crippen LogP contribution in [0.4, 0.5) is 0 Å². The molecule has 4 aliphatic carbocycles. The van der Waals surface area contributed by atoms with E-state index in [0.717, 1.165) is 42.4 Å². The Bertz CT molecular complexity index is 973. The van der Waals surface area contributed by atoms with Crippen molar-refractivity contribution >= 4 is 5.97 Å². The largest absolute Gasteiger partial charge is 0.459 e. The van der Waals surface area contributed by atoms with Crippen molar-refractivity contribution in [1.29, 1.82) is 0 Å². The Labute approximate surface area is 225 Å². The van der Waals surface area contributed by atoms with Crippen molar-refractivity contribution in [2.24, 2.45) is 52.3 Å². The van der Waals surface area contributed by atoms with Gasteiger partial charge < -0.3 is 9.47 Å². The Kier molecular flexibility index (Phi) is 6.78. The van der Waals surface area contributed by atoms with E-state index in [2.05, 4.69) is 34.6 Å². The lowest BCUT2D eigenvalue weighted by Gasteiger charge is -2.61. The van der Waals surface area contributed by atoms with Crippen molar-refractivity contribution in [3.05, 3.63) is 35.9 Å². The third-order valence-electron chi connectivity index (χ3n) is 12.5. The summed E-state index contributed by atoms with van der Waals surface area (Å²) in [5.74, 6) is 5.31. The van der Waals surface area contributed by atoms with Crippen LogP contribution in [-0.4, -0.2) is 24.3 Å². The molecule has 1 saturated heterocycles. The summed E-state index contributed by atoms with van der Waals surface area (Å²) in [5.41, 5.74) is 1.55. The van der Waals surface area contributed by atoms with Crippen molar-refractivity contribution in [3.63, 3.8) is 0 Å². The van der Waals surface area contributed by atoms with Crippen molar-refractivity contribution in [3.8, 4) is 0 Å². The number of hydrogen-bond donors (Lipinski definition) is 0. The molecule has 3 nitrogen and oxygen atoms in total. The van der Waals surface area contributed by atoms with E-state index in [0.29, 0.717) is 40.4 Å². The molecule has 0 aromatic heterocycles. The van der Waals surface area contributed by atoms with Gasteiger partial charge in [0, 0.05) is 0 Å². The van der Waals surface area contributed by atoms with Gasteiger partial charge in [-0.1, -0.05) is 52.8 Å². The average molecular weight is 507 g/mol. The summed E-state index contributed by atoms with van der Waals surface area (Å²) in [6, 6.07) is 9.52. The van der Waals surface area contributed by atoms with Crippen molar-refractivity contribution in [2.75, 3.05) is 0 Å². The molecule has 0 bridgehead atoms. The summed E-state index contributed by atoms with van der Waals surface area (Å²) in [6.45, 7) is 12.5. The van der Waals surface area contributed by atoms with Crippen LogP contribution in [0.1, 0.15) is 109 Å². The summed E-state index contributed by atoms with van der Waals surface area (Å²) in [5, 5.41) is 0. The molecule has 0 spiro atoms. The molecule has 3 heteroatoms. The van der Waals surface area contributed by atoms with Gasteiger partial charge in [0.2, 0.25) is 0 Å². The molecule has 3 unspecified atom stereocenters. The predicted octanol–water partition coefficient (Wildman–Crippen LogP) is 8.32. The molecule has 204 valence electrons. The molecule has 1 aliphatic heterocycles. The number of benzene rings is 1. The number of fused-ring (bicyclic) bond motifs is 7. The zero-order valence-electron chi connectivity index (χ0n) is 24.0. The van der Waals surface area contributed by atoms with E-state index in [1.807, 2.05) is 30.3 Å². The van der Waals surface area contributed by atoms with E-state index in [9.17, 15) is 4.79 Å². The van der Waals surface area contributed by atoms with Crippen LogP contribution in [0.3, 0.4) is 0 Å². The zero-order valence-corrected chi connectivity index (χ0v) is 24.0. The maximum absolute atomic E-state index is 12.7. The number of carbonyl (C=O) groups is 1. The minimum atomic E-state index is -0.144. The first kappa shape index (κ1) is 25.9. The van der Waals surface area contributed by atoms with Crippen LogP contribution < -0.4 is 0 Å². The van der Waals surface area contributed by atoms with E-state index < -0.39 is 0 Å². The quantitative estimate of drug-likeness (QED) is 0.377. The van der Waals surface area contributed by atoms with E-state index >= 15 is 0 Å². The van der Waals surface area contributed by atoms with Gasteiger partial charge in [-0.2, -0.15) is 0 Å². The van der Waals surface area contributed by atoms with Gasteiger partial charge in [-0.25, -0.2) is 4.79 Å². The van der Waals surface area contributed by atoms with Gasteiger partial charge in [0.25, 0.3) is 0 Å². The predicted molar refractivity (Wildman–Crippen MR) is 148 cm³/mol. The van der Waals surface area contributed by atoms with E-state index in [-0.39, 0.29) is 12.1 Å². The fraction of sp³-hybridized carbons (Fsp3) is 0.794. The fourth-order valence-electron chi connectivity index (χ4n) is 10.6. The van der Waals surface area contributed by atoms with Crippen LogP contribution in [0.15, 0.2) is 30.3 Å². The fourth-order valence-corrected chi connectivity index (χ4v) is 10.6. The molecular formula is C34H50O3. The van der Waals surface area contributed by atoms with Gasteiger partial charge >= 0.3 is 5.97 Å². The maximum Gasteiger partial charge on any atom is 0.338 e. The molecule has 5 aliphatic rings. The summed E-state index contributed by atoms with van der Waals surface area (Å²) in [7, 11) is 0.